The SMILES string of the molecule is Cn1c(=O)c2sccc2n2c(SCC(=O)Nc3ccc4c(c3)OCCO4)nnc12. The van der Waals surface area contributed by atoms with E-state index in [1.807, 2.05) is 11.4 Å². The topological polar surface area (TPSA) is 99.8 Å². The summed E-state index contributed by atoms with van der Waals surface area (Å²) in [7, 11) is 1.66. The van der Waals surface area contributed by atoms with E-state index in [4.69, 9.17) is 9.47 Å². The summed E-state index contributed by atoms with van der Waals surface area (Å²) in [6.45, 7) is 1.00. The molecule has 0 saturated carbocycles. The maximum absolute atomic E-state index is 12.4. The number of aryl methyl sites for hydroxylation is 1. The Morgan fingerprint density at radius 2 is 2.07 bits per heavy atom. The Morgan fingerprint density at radius 1 is 1.24 bits per heavy atom. The lowest BCUT2D eigenvalue weighted by Gasteiger charge is -2.18. The van der Waals surface area contributed by atoms with Crippen molar-refractivity contribution in [3.63, 3.8) is 0 Å². The average molecular weight is 429 g/mol. The molecule has 1 aliphatic heterocycles. The fourth-order valence-corrected chi connectivity index (χ4v) is 4.70. The standard InChI is InChI=1S/C18H15N5O4S2/c1-22-16(25)15-11(4-7-28-15)23-17(22)20-21-18(23)29-9-14(24)19-10-2-3-12-13(8-10)27-6-5-26-12/h2-4,7-8H,5-6,9H2,1H3,(H,19,24). The van der Waals surface area contributed by atoms with Crippen molar-refractivity contribution in [1.82, 2.24) is 19.2 Å². The number of hydrogen-bond acceptors (Lipinski definition) is 8. The molecule has 0 bridgehead atoms. The number of thioether (sulfide) groups is 1. The van der Waals surface area contributed by atoms with Gasteiger partial charge >= 0.3 is 0 Å². The van der Waals surface area contributed by atoms with E-state index >= 15 is 0 Å². The molecule has 9 nitrogen and oxygen atoms in total. The molecule has 1 N–H and O–H groups in total. The van der Waals surface area contributed by atoms with Gasteiger partial charge in [0, 0.05) is 18.8 Å². The summed E-state index contributed by atoms with van der Waals surface area (Å²) in [5.41, 5.74) is 1.27. The van der Waals surface area contributed by atoms with Gasteiger partial charge in [-0.1, -0.05) is 11.8 Å². The molecule has 1 aromatic carbocycles. The molecular formula is C18H15N5O4S2. The lowest BCUT2D eigenvalue weighted by Crippen LogP contribution is -2.19. The second kappa shape index (κ2) is 7.08. The summed E-state index contributed by atoms with van der Waals surface area (Å²) < 4.78 is 14.9. The number of thiophene rings is 1. The zero-order valence-electron chi connectivity index (χ0n) is 15.2. The van der Waals surface area contributed by atoms with Crippen molar-refractivity contribution < 1.29 is 14.3 Å². The summed E-state index contributed by atoms with van der Waals surface area (Å²) in [4.78, 5) is 24.8. The summed E-state index contributed by atoms with van der Waals surface area (Å²) >= 11 is 2.63. The first-order chi connectivity index (χ1) is 14.1. The van der Waals surface area contributed by atoms with Gasteiger partial charge < -0.3 is 14.8 Å². The van der Waals surface area contributed by atoms with Crippen LogP contribution in [0.15, 0.2) is 39.6 Å². The molecule has 0 spiro atoms. The van der Waals surface area contributed by atoms with Gasteiger partial charge in [-0.3, -0.25) is 18.6 Å². The second-order valence-corrected chi connectivity index (χ2v) is 8.17. The number of ether oxygens (including phenoxy) is 2. The normalized spacial score (nSPS) is 13.1. The van der Waals surface area contributed by atoms with Gasteiger partial charge in [0.05, 0.1) is 11.3 Å². The van der Waals surface area contributed by atoms with Crippen LogP contribution in [0.4, 0.5) is 5.69 Å². The number of rotatable bonds is 4. The zero-order chi connectivity index (χ0) is 20.0. The minimum Gasteiger partial charge on any atom is -0.486 e. The van der Waals surface area contributed by atoms with E-state index in [1.165, 1.54) is 27.7 Å². The number of nitrogens with one attached hydrogen (secondary N) is 1. The highest BCUT2D eigenvalue weighted by atomic mass is 32.2. The number of hydrogen-bond donors (Lipinski definition) is 1. The Bertz CT molecular complexity index is 1310. The van der Waals surface area contributed by atoms with Gasteiger partial charge in [0.1, 0.15) is 17.9 Å². The van der Waals surface area contributed by atoms with Crippen molar-refractivity contribution in [1.29, 1.82) is 0 Å². The predicted molar refractivity (Wildman–Crippen MR) is 110 cm³/mol. The van der Waals surface area contributed by atoms with E-state index in [1.54, 1.807) is 29.6 Å². The monoisotopic (exact) mass is 429 g/mol. The van der Waals surface area contributed by atoms with E-state index in [0.29, 0.717) is 46.0 Å². The molecular weight excluding hydrogens is 414 g/mol. The molecule has 0 saturated heterocycles. The Labute approximate surface area is 172 Å². The van der Waals surface area contributed by atoms with Crippen LogP contribution in [0.3, 0.4) is 0 Å². The van der Waals surface area contributed by atoms with Crippen LogP contribution in [0.5, 0.6) is 11.5 Å². The van der Waals surface area contributed by atoms with Crippen molar-refractivity contribution >= 4 is 50.7 Å². The first-order valence-electron chi connectivity index (χ1n) is 8.75. The van der Waals surface area contributed by atoms with Crippen LogP contribution in [0.1, 0.15) is 0 Å². The van der Waals surface area contributed by atoms with Gasteiger partial charge in [-0.25, -0.2) is 0 Å². The van der Waals surface area contributed by atoms with Crippen molar-refractivity contribution in [3.05, 3.63) is 40.0 Å². The summed E-state index contributed by atoms with van der Waals surface area (Å²) in [6.07, 6.45) is 0. The number of aromatic nitrogens is 4. The number of anilines is 1. The van der Waals surface area contributed by atoms with Gasteiger partial charge in [0.25, 0.3) is 5.56 Å². The Balaban J connectivity index is 1.36. The van der Waals surface area contributed by atoms with Crippen LogP contribution < -0.4 is 20.3 Å². The van der Waals surface area contributed by atoms with E-state index in [2.05, 4.69) is 15.5 Å². The third kappa shape index (κ3) is 3.12. The summed E-state index contributed by atoms with van der Waals surface area (Å²) in [5, 5.41) is 13.5. The molecule has 4 heterocycles. The lowest BCUT2D eigenvalue weighted by molar-refractivity contribution is -0.113. The van der Waals surface area contributed by atoms with Crippen molar-refractivity contribution in [2.75, 3.05) is 24.3 Å². The highest BCUT2D eigenvalue weighted by molar-refractivity contribution is 7.99. The quantitative estimate of drug-likeness (QED) is 0.496. The maximum Gasteiger partial charge on any atom is 0.272 e. The van der Waals surface area contributed by atoms with Gasteiger partial charge in [-0.2, -0.15) is 0 Å². The van der Waals surface area contributed by atoms with Crippen LogP contribution in [0.2, 0.25) is 0 Å². The molecule has 0 unspecified atom stereocenters. The minimum atomic E-state index is -0.185. The number of carbonyl (C=O) groups is 1. The van der Waals surface area contributed by atoms with Gasteiger partial charge in [0.15, 0.2) is 16.7 Å². The maximum atomic E-state index is 12.4. The summed E-state index contributed by atoms with van der Waals surface area (Å²) in [5.74, 6) is 1.68. The van der Waals surface area contributed by atoms with Crippen molar-refractivity contribution in [2.24, 2.45) is 7.05 Å². The number of amides is 1. The second-order valence-electron chi connectivity index (χ2n) is 6.31. The van der Waals surface area contributed by atoms with Gasteiger partial charge in [-0.15, -0.1) is 21.5 Å². The van der Waals surface area contributed by atoms with E-state index in [0.717, 1.165) is 5.52 Å². The molecule has 0 fully saturated rings. The van der Waals surface area contributed by atoms with E-state index in [9.17, 15) is 9.59 Å². The molecule has 4 aromatic rings. The zero-order valence-corrected chi connectivity index (χ0v) is 16.9. The van der Waals surface area contributed by atoms with Gasteiger partial charge in [-0.05, 0) is 23.6 Å². The van der Waals surface area contributed by atoms with E-state index < -0.39 is 0 Å². The fraction of sp³-hybridized carbons (Fsp3) is 0.222. The molecule has 3 aromatic heterocycles. The Morgan fingerprint density at radius 3 is 2.93 bits per heavy atom. The van der Waals surface area contributed by atoms with E-state index in [-0.39, 0.29) is 17.2 Å². The smallest absolute Gasteiger partial charge is 0.272 e. The molecule has 1 amide bonds. The molecule has 5 rings (SSSR count). The third-order valence-electron chi connectivity index (χ3n) is 4.46. The molecule has 0 aliphatic carbocycles. The van der Waals surface area contributed by atoms with Crippen molar-refractivity contribution in [3.8, 4) is 11.5 Å². The molecule has 0 atom stereocenters. The largest absolute Gasteiger partial charge is 0.486 e. The van der Waals surface area contributed by atoms with Crippen molar-refractivity contribution in [2.45, 2.75) is 5.16 Å². The van der Waals surface area contributed by atoms with Gasteiger partial charge in [0.2, 0.25) is 11.7 Å². The molecule has 11 heteroatoms. The van der Waals surface area contributed by atoms with Crippen LogP contribution in [-0.4, -0.2) is 44.0 Å². The Hall–Kier alpha value is -3.05. The molecule has 148 valence electrons. The van der Waals surface area contributed by atoms with Crippen LogP contribution in [0.25, 0.3) is 16.0 Å². The molecule has 0 radical (unpaired) electrons. The number of fused-ring (bicyclic) bond motifs is 4. The number of benzene rings is 1. The molecule has 1 aliphatic rings. The number of nitrogens with zero attached hydrogens (tertiary/aromatic N) is 4. The van der Waals surface area contributed by atoms with Crippen LogP contribution in [-0.2, 0) is 11.8 Å². The Kier molecular flexibility index (Phi) is 4.40. The highest BCUT2D eigenvalue weighted by Crippen LogP contribution is 2.32. The van der Waals surface area contributed by atoms with Crippen LogP contribution >= 0.6 is 23.1 Å². The number of carbonyl (C=O) groups excluding carboxylic acids is 1. The molecule has 29 heavy (non-hydrogen) atoms. The third-order valence-corrected chi connectivity index (χ3v) is 6.28. The first kappa shape index (κ1) is 18.0. The van der Waals surface area contributed by atoms with Crippen LogP contribution in [0, 0.1) is 0 Å². The highest BCUT2D eigenvalue weighted by Gasteiger charge is 2.17. The predicted octanol–water partition coefficient (Wildman–Crippen LogP) is 2.14. The minimum absolute atomic E-state index is 0.109. The average Bonchev–Trinajstić information content (AvgIpc) is 3.37. The lowest BCUT2D eigenvalue weighted by atomic mass is 10.2. The fourth-order valence-electron chi connectivity index (χ4n) is 3.11. The first-order valence-corrected chi connectivity index (χ1v) is 10.6. The summed E-state index contributed by atoms with van der Waals surface area (Å²) in [6, 6.07) is 7.15.